The summed E-state index contributed by atoms with van der Waals surface area (Å²) in [6.07, 6.45) is -3.20. The first-order valence-electron chi connectivity index (χ1n) is 5.79. The highest BCUT2D eigenvalue weighted by Crippen LogP contribution is 2.34. The summed E-state index contributed by atoms with van der Waals surface area (Å²) in [7, 11) is 0. The maximum Gasteiger partial charge on any atom is 0.352 e. The summed E-state index contributed by atoms with van der Waals surface area (Å²) in [4.78, 5) is 15.4. The Balaban J connectivity index is 2.62. The predicted molar refractivity (Wildman–Crippen MR) is 65.2 cm³/mol. The molecule has 0 radical (unpaired) electrons. The zero-order chi connectivity index (χ0) is 15.1. The number of nitrogens with two attached hydrogens (primary N) is 1. The van der Waals surface area contributed by atoms with Gasteiger partial charge in [-0.3, -0.25) is 4.57 Å². The molecule has 4 unspecified atom stereocenters. The van der Waals surface area contributed by atoms with Crippen molar-refractivity contribution in [3.05, 3.63) is 22.2 Å². The van der Waals surface area contributed by atoms with E-state index < -0.39 is 36.3 Å². The fourth-order valence-electron chi connectivity index (χ4n) is 2.09. The second kappa shape index (κ2) is 4.84. The first kappa shape index (κ1) is 14.4. The van der Waals surface area contributed by atoms with E-state index in [-0.39, 0.29) is 5.82 Å². The van der Waals surface area contributed by atoms with Crippen molar-refractivity contribution in [1.82, 2.24) is 9.55 Å². The van der Waals surface area contributed by atoms with E-state index in [1.54, 1.807) is 13.0 Å². The summed E-state index contributed by atoms with van der Waals surface area (Å²) in [5.74, 6) is -0.00826. The maximum absolute atomic E-state index is 11.9. The van der Waals surface area contributed by atoms with Crippen molar-refractivity contribution in [2.45, 2.75) is 31.0 Å². The smallest absolute Gasteiger partial charge is 0.352 e. The number of ether oxygens (including phenoxy) is 1. The third-order valence-electron chi connectivity index (χ3n) is 3.28. The van der Waals surface area contributed by atoms with Crippen LogP contribution in [0.25, 0.3) is 0 Å². The number of hydrogen-bond acceptors (Lipinski definition) is 8. The van der Waals surface area contributed by atoms with Gasteiger partial charge in [-0.15, -0.1) is 0 Å². The predicted octanol–water partition coefficient (Wildman–Crippen LogP) is -2.58. The largest absolute Gasteiger partial charge is 0.394 e. The molecule has 4 atom stereocenters. The van der Waals surface area contributed by atoms with Crippen LogP contribution in [-0.4, -0.2) is 49.8 Å². The molecule has 1 aliphatic heterocycles. The van der Waals surface area contributed by atoms with Gasteiger partial charge in [0, 0.05) is 11.8 Å². The van der Waals surface area contributed by atoms with Gasteiger partial charge in [-0.2, -0.15) is 10.2 Å². The molecule has 20 heavy (non-hydrogen) atoms. The summed E-state index contributed by atoms with van der Waals surface area (Å²) in [5.41, 5.74) is 2.83. The highest BCUT2D eigenvalue weighted by Gasteiger charge is 2.56. The van der Waals surface area contributed by atoms with Crippen molar-refractivity contribution in [2.75, 3.05) is 12.3 Å². The van der Waals surface area contributed by atoms with Crippen LogP contribution in [0.3, 0.4) is 0 Å². The lowest BCUT2D eigenvalue weighted by Gasteiger charge is -2.26. The number of nitrogen functional groups attached to an aromatic ring is 1. The molecule has 1 aromatic heterocycles. The Morgan fingerprint density at radius 2 is 2.30 bits per heavy atom. The standard InChI is InChI=1S/C11H14N4O5/c1-5-2-15(10(19)14-9(5)13)11(4-12)8(18)7(17)6(3-16)20-11/h2,6-8,16-18H,3H2,1H3,(H2,13,14,19). The number of nitrogens with zero attached hydrogens (tertiary/aromatic N) is 3. The third-order valence-corrected chi connectivity index (χ3v) is 3.28. The lowest BCUT2D eigenvalue weighted by Crippen LogP contribution is -2.49. The normalized spacial score (nSPS) is 33.0. The van der Waals surface area contributed by atoms with Crippen molar-refractivity contribution in [3.8, 4) is 6.07 Å². The van der Waals surface area contributed by atoms with Crippen molar-refractivity contribution in [2.24, 2.45) is 0 Å². The molecule has 2 heterocycles. The van der Waals surface area contributed by atoms with E-state index in [0.29, 0.717) is 5.56 Å². The van der Waals surface area contributed by atoms with Gasteiger partial charge in [0.2, 0.25) is 0 Å². The minimum Gasteiger partial charge on any atom is -0.394 e. The molecule has 9 heteroatoms. The van der Waals surface area contributed by atoms with Crippen molar-refractivity contribution in [3.63, 3.8) is 0 Å². The molecular weight excluding hydrogens is 268 g/mol. The van der Waals surface area contributed by atoms with Crippen LogP contribution in [0.1, 0.15) is 5.56 Å². The van der Waals surface area contributed by atoms with Gasteiger partial charge in [0.15, 0.2) is 0 Å². The van der Waals surface area contributed by atoms with Crippen molar-refractivity contribution in [1.29, 1.82) is 5.26 Å². The van der Waals surface area contributed by atoms with Crippen LogP contribution < -0.4 is 11.4 Å². The number of hydrogen-bond donors (Lipinski definition) is 4. The van der Waals surface area contributed by atoms with Crippen LogP contribution in [0.2, 0.25) is 0 Å². The van der Waals surface area contributed by atoms with Gasteiger partial charge in [-0.1, -0.05) is 0 Å². The number of aromatic nitrogens is 2. The summed E-state index contributed by atoms with van der Waals surface area (Å²) < 4.78 is 5.97. The summed E-state index contributed by atoms with van der Waals surface area (Å²) in [6.45, 7) is 0.947. The number of nitriles is 1. The average Bonchev–Trinajstić information content (AvgIpc) is 2.68. The molecule has 0 amide bonds. The highest BCUT2D eigenvalue weighted by atomic mass is 16.6. The quantitative estimate of drug-likeness (QED) is 0.461. The number of aliphatic hydroxyl groups is 3. The van der Waals surface area contributed by atoms with Gasteiger partial charge in [0.1, 0.15) is 30.2 Å². The first-order valence-corrected chi connectivity index (χ1v) is 5.79. The topological polar surface area (TPSA) is 155 Å². The van der Waals surface area contributed by atoms with Crippen molar-refractivity contribution >= 4 is 5.82 Å². The molecule has 1 fully saturated rings. The van der Waals surface area contributed by atoms with Gasteiger partial charge >= 0.3 is 5.69 Å². The minimum absolute atomic E-state index is 0.00826. The zero-order valence-corrected chi connectivity index (χ0v) is 10.6. The molecule has 0 bridgehead atoms. The number of aliphatic hydroxyl groups excluding tert-OH is 3. The summed E-state index contributed by atoms with van der Waals surface area (Å²) in [5, 5.41) is 38.2. The van der Waals surface area contributed by atoms with Crippen LogP contribution in [0.4, 0.5) is 5.82 Å². The molecule has 108 valence electrons. The molecule has 0 aromatic carbocycles. The van der Waals surface area contributed by atoms with Crippen LogP contribution in [0.5, 0.6) is 0 Å². The van der Waals surface area contributed by atoms with E-state index in [9.17, 15) is 20.3 Å². The molecule has 0 aliphatic carbocycles. The summed E-state index contributed by atoms with van der Waals surface area (Å²) in [6, 6.07) is 1.66. The second-order valence-electron chi connectivity index (χ2n) is 4.54. The Hall–Kier alpha value is -1.99. The van der Waals surface area contributed by atoms with Crippen LogP contribution in [0.15, 0.2) is 11.0 Å². The molecule has 9 nitrogen and oxygen atoms in total. The van der Waals surface area contributed by atoms with Gasteiger partial charge in [-0.05, 0) is 6.92 Å². The van der Waals surface area contributed by atoms with E-state index in [0.717, 1.165) is 4.57 Å². The van der Waals surface area contributed by atoms with Crippen LogP contribution >= 0.6 is 0 Å². The molecule has 1 aliphatic rings. The monoisotopic (exact) mass is 282 g/mol. The fourth-order valence-corrected chi connectivity index (χ4v) is 2.09. The van der Waals surface area contributed by atoms with Crippen molar-refractivity contribution < 1.29 is 20.1 Å². The molecule has 2 rings (SSSR count). The molecule has 0 spiro atoms. The SMILES string of the molecule is Cc1cn(C2(C#N)OC(CO)C(O)C2O)c(=O)nc1N. The van der Waals surface area contributed by atoms with E-state index in [1.165, 1.54) is 6.20 Å². The average molecular weight is 282 g/mol. The molecule has 1 saturated heterocycles. The highest BCUT2D eigenvalue weighted by molar-refractivity contribution is 5.35. The second-order valence-corrected chi connectivity index (χ2v) is 4.54. The Morgan fingerprint density at radius 1 is 1.65 bits per heavy atom. The van der Waals surface area contributed by atoms with E-state index in [4.69, 9.17) is 15.6 Å². The first-order chi connectivity index (χ1) is 9.37. The van der Waals surface area contributed by atoms with Crippen LogP contribution in [-0.2, 0) is 10.5 Å². The van der Waals surface area contributed by atoms with E-state index >= 15 is 0 Å². The number of aryl methyl sites for hydroxylation is 1. The van der Waals surface area contributed by atoms with Gasteiger partial charge < -0.3 is 25.8 Å². The third kappa shape index (κ3) is 1.86. The molecule has 1 aromatic rings. The van der Waals surface area contributed by atoms with E-state index in [2.05, 4.69) is 4.98 Å². The van der Waals surface area contributed by atoms with Gasteiger partial charge in [-0.25, -0.2) is 4.79 Å². The lowest BCUT2D eigenvalue weighted by molar-refractivity contribution is -0.109. The Kier molecular flexibility index (Phi) is 3.49. The molecule has 0 saturated carbocycles. The molecular formula is C11H14N4O5. The zero-order valence-electron chi connectivity index (χ0n) is 10.6. The fraction of sp³-hybridized carbons (Fsp3) is 0.545. The number of rotatable bonds is 2. The Morgan fingerprint density at radius 3 is 2.80 bits per heavy atom. The van der Waals surface area contributed by atoms with Gasteiger partial charge in [0.05, 0.1) is 6.61 Å². The molecule has 5 N–H and O–H groups in total. The minimum atomic E-state index is -2.16. The van der Waals surface area contributed by atoms with Gasteiger partial charge in [0.25, 0.3) is 5.72 Å². The Bertz CT molecular complexity index is 624. The lowest BCUT2D eigenvalue weighted by atomic mass is 10.0. The van der Waals surface area contributed by atoms with Crippen LogP contribution in [0, 0.1) is 18.3 Å². The Labute approximate surface area is 113 Å². The summed E-state index contributed by atoms with van der Waals surface area (Å²) >= 11 is 0. The number of anilines is 1. The maximum atomic E-state index is 11.9. The van der Waals surface area contributed by atoms with E-state index in [1.807, 2.05) is 0 Å².